The first-order valence-electron chi connectivity index (χ1n) is 12.6. The van der Waals surface area contributed by atoms with E-state index < -0.39 is 82.6 Å². The molecule has 6 rings (SSSR count). The third-order valence-electron chi connectivity index (χ3n) is 10.1. The van der Waals surface area contributed by atoms with Gasteiger partial charge in [-0.15, -0.1) is 0 Å². The average Bonchev–Trinajstić information content (AvgIpc) is 3.35. The predicted octanol–water partition coefficient (Wildman–Crippen LogP) is 3.47. The van der Waals surface area contributed by atoms with Gasteiger partial charge < -0.3 is 19.7 Å². The number of ether oxygens (including phenoxy) is 2. The number of carbonyl (C=O) groups is 2. The number of alkyl halides is 2. The number of allylic oxidation sites excluding steroid dienone is 4. The lowest BCUT2D eigenvalue weighted by atomic mass is 9.44. The highest BCUT2D eigenvalue weighted by Gasteiger charge is 2.80. The summed E-state index contributed by atoms with van der Waals surface area (Å²) in [6.07, 6.45) is -2.23. The molecule has 1 aromatic rings. The zero-order valence-electron chi connectivity index (χ0n) is 20.5. The van der Waals surface area contributed by atoms with E-state index in [4.69, 9.17) is 9.47 Å². The first-order valence-corrected chi connectivity index (χ1v) is 12.6. The minimum absolute atomic E-state index is 0.00728. The molecule has 0 spiro atoms. The number of hydrogen-bond acceptors (Lipinski definition) is 6. The summed E-state index contributed by atoms with van der Waals surface area (Å²) in [5, 5.41) is 21.4. The van der Waals surface area contributed by atoms with Crippen molar-refractivity contribution >= 4 is 11.6 Å². The molecule has 1 unspecified atom stereocenters. The van der Waals surface area contributed by atoms with Crippen molar-refractivity contribution in [2.24, 2.45) is 22.7 Å². The van der Waals surface area contributed by atoms with Gasteiger partial charge in [0.1, 0.15) is 18.6 Å². The Balaban J connectivity index is 1.46. The van der Waals surface area contributed by atoms with Gasteiger partial charge in [0.25, 0.3) is 0 Å². The molecule has 3 saturated carbocycles. The Kier molecular flexibility index (Phi) is 5.30. The third-order valence-corrected chi connectivity index (χ3v) is 10.1. The lowest BCUT2D eigenvalue weighted by molar-refractivity contribution is -0.235. The summed E-state index contributed by atoms with van der Waals surface area (Å²) in [4.78, 5) is 25.4. The molecule has 0 aromatic heterocycles. The maximum Gasteiger partial charge on any atom is 0.193 e. The van der Waals surface area contributed by atoms with Crippen molar-refractivity contribution in [2.45, 2.75) is 69.0 Å². The summed E-state index contributed by atoms with van der Waals surface area (Å²) >= 11 is 0. The molecule has 198 valence electrons. The zero-order valence-corrected chi connectivity index (χ0v) is 20.5. The summed E-state index contributed by atoms with van der Waals surface area (Å²) in [6, 6.07) is 5.82. The first kappa shape index (κ1) is 25.0. The highest BCUT2D eigenvalue weighted by Crippen LogP contribution is 2.72. The Hall–Kier alpha value is -2.33. The molecule has 37 heavy (non-hydrogen) atoms. The number of aliphatic hydroxyl groups is 2. The van der Waals surface area contributed by atoms with Crippen LogP contribution in [0.2, 0.25) is 0 Å². The van der Waals surface area contributed by atoms with E-state index >= 15 is 8.78 Å². The number of benzene rings is 1. The SMILES string of the molecule is C[C@]12C=CC(=O)C=C1[C@@H](F)C[C@H]1C3C[C@H]4O[C@@H](c5ccccc5F)O[C@@]4(C(=O)CO)[C@@]3(C)C[C@H](O)[C@@]12F. The number of halogens is 3. The van der Waals surface area contributed by atoms with E-state index in [1.807, 2.05) is 0 Å². The fourth-order valence-corrected chi connectivity index (χ4v) is 8.37. The van der Waals surface area contributed by atoms with Crippen LogP contribution >= 0.6 is 0 Å². The van der Waals surface area contributed by atoms with Crippen LogP contribution in [-0.2, 0) is 19.1 Å². The molecule has 0 amide bonds. The Morgan fingerprint density at radius 1 is 1.19 bits per heavy atom. The van der Waals surface area contributed by atoms with E-state index in [0.717, 1.165) is 6.08 Å². The van der Waals surface area contributed by atoms with Gasteiger partial charge in [0.2, 0.25) is 0 Å². The predicted molar refractivity (Wildman–Crippen MR) is 124 cm³/mol. The van der Waals surface area contributed by atoms with E-state index in [1.54, 1.807) is 13.0 Å². The standard InChI is InChI=1S/C28H29F3O6/c1-25-8-7-14(33)9-18(25)20(30)10-17-16-11-23-28(22(35)13-32,26(16,2)12-21(34)27(17,25)31)37-24(36-23)15-5-3-4-6-19(15)29/h3-9,16-17,20-21,23-24,32,34H,10-13H2,1-2H3/t16?,17-,20-,21-,23+,24+,25-,26-,27-,28+/m0/s1. The summed E-state index contributed by atoms with van der Waals surface area (Å²) in [5.74, 6) is -3.43. The Morgan fingerprint density at radius 3 is 2.62 bits per heavy atom. The molecule has 0 radical (unpaired) electrons. The summed E-state index contributed by atoms with van der Waals surface area (Å²) in [5.41, 5.74) is -6.83. The first-order chi connectivity index (χ1) is 17.4. The van der Waals surface area contributed by atoms with Crippen LogP contribution in [0.4, 0.5) is 13.2 Å². The lowest BCUT2D eigenvalue weighted by Crippen LogP contribution is -2.70. The van der Waals surface area contributed by atoms with Gasteiger partial charge >= 0.3 is 0 Å². The molecule has 1 aliphatic heterocycles. The molecule has 10 atom stereocenters. The number of hydrogen-bond donors (Lipinski definition) is 2. The topological polar surface area (TPSA) is 93.1 Å². The van der Waals surface area contributed by atoms with E-state index in [1.165, 1.54) is 37.3 Å². The number of Topliss-reactive ketones (excluding diaryl/α,β-unsaturated/α-hetero) is 1. The number of fused-ring (bicyclic) bond motifs is 7. The average molecular weight is 519 g/mol. The second kappa shape index (κ2) is 7.85. The highest BCUT2D eigenvalue weighted by molar-refractivity contribution is 6.01. The zero-order chi connectivity index (χ0) is 26.5. The number of carbonyl (C=O) groups excluding carboxylic acids is 2. The highest BCUT2D eigenvalue weighted by atomic mass is 19.1. The molecule has 1 saturated heterocycles. The molecule has 0 bridgehead atoms. The molecular formula is C28H29F3O6. The van der Waals surface area contributed by atoms with Crippen molar-refractivity contribution < 1.29 is 42.4 Å². The van der Waals surface area contributed by atoms with Gasteiger partial charge in [-0.1, -0.05) is 31.2 Å². The molecule has 6 nitrogen and oxygen atoms in total. The van der Waals surface area contributed by atoms with Crippen molar-refractivity contribution in [3.05, 3.63) is 59.4 Å². The molecule has 5 aliphatic rings. The van der Waals surface area contributed by atoms with Gasteiger partial charge in [0.15, 0.2) is 29.1 Å². The maximum absolute atomic E-state index is 17.3. The van der Waals surface area contributed by atoms with Crippen LogP contribution in [0, 0.1) is 28.5 Å². The van der Waals surface area contributed by atoms with Crippen LogP contribution < -0.4 is 0 Å². The fraction of sp³-hybridized carbons (Fsp3) is 0.571. The number of ketones is 2. The fourth-order valence-electron chi connectivity index (χ4n) is 8.37. The van der Waals surface area contributed by atoms with Crippen molar-refractivity contribution in [1.82, 2.24) is 0 Å². The Bertz CT molecular complexity index is 1250. The van der Waals surface area contributed by atoms with Gasteiger partial charge in [-0.25, -0.2) is 13.2 Å². The van der Waals surface area contributed by atoms with E-state index in [9.17, 15) is 24.2 Å². The molecule has 4 aliphatic carbocycles. The maximum atomic E-state index is 17.3. The molecule has 2 N–H and O–H groups in total. The summed E-state index contributed by atoms with van der Waals surface area (Å²) in [6.45, 7) is 2.29. The Labute approximate surface area is 212 Å². The van der Waals surface area contributed by atoms with Crippen molar-refractivity contribution in [3.8, 4) is 0 Å². The van der Waals surface area contributed by atoms with Gasteiger partial charge in [0.05, 0.1) is 12.2 Å². The molecule has 9 heteroatoms. The van der Waals surface area contributed by atoms with Crippen molar-refractivity contribution in [2.75, 3.05) is 6.61 Å². The second-order valence-electron chi connectivity index (χ2n) is 11.5. The van der Waals surface area contributed by atoms with Crippen LogP contribution in [0.5, 0.6) is 0 Å². The van der Waals surface area contributed by atoms with Crippen LogP contribution in [0.1, 0.15) is 45.0 Å². The number of aliphatic hydroxyl groups excluding tert-OH is 2. The van der Waals surface area contributed by atoms with E-state index in [0.29, 0.717) is 0 Å². The van der Waals surface area contributed by atoms with Crippen LogP contribution in [0.25, 0.3) is 0 Å². The molecule has 1 heterocycles. The van der Waals surface area contributed by atoms with Gasteiger partial charge in [0, 0.05) is 22.3 Å². The van der Waals surface area contributed by atoms with Crippen LogP contribution in [-0.4, -0.2) is 58.0 Å². The molecular weight excluding hydrogens is 489 g/mol. The molecule has 1 aromatic carbocycles. The smallest absolute Gasteiger partial charge is 0.193 e. The second-order valence-corrected chi connectivity index (χ2v) is 11.5. The summed E-state index contributed by atoms with van der Waals surface area (Å²) < 4.78 is 59.9. The normalized spacial score (nSPS) is 48.1. The Morgan fingerprint density at radius 2 is 1.92 bits per heavy atom. The molecule has 4 fully saturated rings. The minimum atomic E-state index is -2.32. The summed E-state index contributed by atoms with van der Waals surface area (Å²) in [7, 11) is 0. The van der Waals surface area contributed by atoms with E-state index in [2.05, 4.69) is 0 Å². The quantitative estimate of drug-likeness (QED) is 0.637. The van der Waals surface area contributed by atoms with Gasteiger partial charge in [-0.3, -0.25) is 9.59 Å². The van der Waals surface area contributed by atoms with E-state index in [-0.39, 0.29) is 30.4 Å². The monoisotopic (exact) mass is 518 g/mol. The largest absolute Gasteiger partial charge is 0.390 e. The van der Waals surface area contributed by atoms with Gasteiger partial charge in [-0.05, 0) is 55.9 Å². The van der Waals surface area contributed by atoms with Crippen molar-refractivity contribution in [3.63, 3.8) is 0 Å². The third kappa shape index (κ3) is 2.86. The van der Waals surface area contributed by atoms with Crippen molar-refractivity contribution in [1.29, 1.82) is 0 Å². The number of rotatable bonds is 3. The van der Waals surface area contributed by atoms with Crippen LogP contribution in [0.3, 0.4) is 0 Å². The minimum Gasteiger partial charge on any atom is -0.390 e. The lowest BCUT2D eigenvalue weighted by Gasteiger charge is -2.63. The van der Waals surface area contributed by atoms with Gasteiger partial charge in [-0.2, -0.15) is 0 Å². The van der Waals surface area contributed by atoms with Crippen LogP contribution in [0.15, 0.2) is 48.1 Å².